The zero-order valence-electron chi connectivity index (χ0n) is 19.4. The fourth-order valence-corrected chi connectivity index (χ4v) is 4.06. The van der Waals surface area contributed by atoms with Gasteiger partial charge in [-0.25, -0.2) is 0 Å². The van der Waals surface area contributed by atoms with Gasteiger partial charge in [-0.2, -0.15) is 0 Å². The van der Waals surface area contributed by atoms with Crippen molar-refractivity contribution in [1.29, 1.82) is 0 Å². The van der Waals surface area contributed by atoms with Gasteiger partial charge in [0.1, 0.15) is 5.75 Å². The maximum absolute atomic E-state index is 12.5. The van der Waals surface area contributed by atoms with E-state index in [1.165, 1.54) is 5.56 Å². The highest BCUT2D eigenvalue weighted by Gasteiger charge is 2.26. The van der Waals surface area contributed by atoms with Crippen LogP contribution in [0.15, 0.2) is 48.5 Å². The van der Waals surface area contributed by atoms with Gasteiger partial charge in [-0.05, 0) is 80.0 Å². The molecular weight excluding hydrogens is 418 g/mol. The van der Waals surface area contributed by atoms with Crippen LogP contribution in [0.4, 0.5) is 0 Å². The second-order valence-corrected chi connectivity index (χ2v) is 9.01. The van der Waals surface area contributed by atoms with Crippen LogP contribution in [0, 0.1) is 5.92 Å². The number of ketones is 1. The SMILES string of the molecule is CC(C)c1ccc(C(=O)NCCCC(=O)c2ccc(OC3CCC(C(=O)O)CC3)cc2)cc1. The van der Waals surface area contributed by atoms with Crippen molar-refractivity contribution >= 4 is 17.7 Å². The number of carbonyl (C=O) groups excluding carboxylic acids is 2. The normalized spacial score (nSPS) is 18.0. The van der Waals surface area contributed by atoms with Crippen LogP contribution in [0.2, 0.25) is 0 Å². The molecule has 0 heterocycles. The lowest BCUT2D eigenvalue weighted by molar-refractivity contribution is -0.143. The van der Waals surface area contributed by atoms with Gasteiger partial charge in [0.15, 0.2) is 5.78 Å². The fraction of sp³-hybridized carbons (Fsp3) is 0.444. The number of amides is 1. The smallest absolute Gasteiger partial charge is 0.306 e. The van der Waals surface area contributed by atoms with E-state index < -0.39 is 5.97 Å². The molecular formula is C27H33NO5. The number of carboxylic acids is 1. The first-order chi connectivity index (χ1) is 15.8. The number of benzene rings is 2. The summed E-state index contributed by atoms with van der Waals surface area (Å²) >= 11 is 0. The number of rotatable bonds is 10. The molecule has 1 aliphatic rings. The Hall–Kier alpha value is -3.15. The summed E-state index contributed by atoms with van der Waals surface area (Å²) in [6.45, 7) is 4.67. The molecule has 1 aliphatic carbocycles. The topological polar surface area (TPSA) is 92.7 Å². The summed E-state index contributed by atoms with van der Waals surface area (Å²) in [6.07, 6.45) is 3.67. The number of Topliss-reactive ketones (excluding diaryl/α,β-unsaturated/α-hetero) is 1. The number of hydrogen-bond acceptors (Lipinski definition) is 4. The highest BCUT2D eigenvalue weighted by molar-refractivity contribution is 5.96. The van der Waals surface area contributed by atoms with Crippen LogP contribution < -0.4 is 10.1 Å². The van der Waals surface area contributed by atoms with Gasteiger partial charge in [0.2, 0.25) is 0 Å². The number of ether oxygens (including phenoxy) is 1. The molecule has 0 bridgehead atoms. The minimum absolute atomic E-state index is 0.0207. The number of nitrogens with one attached hydrogen (secondary N) is 1. The van der Waals surface area contributed by atoms with E-state index >= 15 is 0 Å². The van der Waals surface area contributed by atoms with Gasteiger partial charge in [-0.3, -0.25) is 14.4 Å². The van der Waals surface area contributed by atoms with Crippen molar-refractivity contribution in [2.24, 2.45) is 5.92 Å². The van der Waals surface area contributed by atoms with Crippen molar-refractivity contribution in [3.63, 3.8) is 0 Å². The molecule has 0 aromatic heterocycles. The lowest BCUT2D eigenvalue weighted by Gasteiger charge is -2.26. The van der Waals surface area contributed by atoms with Crippen LogP contribution in [-0.2, 0) is 4.79 Å². The lowest BCUT2D eigenvalue weighted by atomic mass is 9.87. The van der Waals surface area contributed by atoms with Crippen molar-refractivity contribution in [1.82, 2.24) is 5.32 Å². The van der Waals surface area contributed by atoms with Crippen LogP contribution >= 0.6 is 0 Å². The van der Waals surface area contributed by atoms with Crippen LogP contribution in [0.5, 0.6) is 5.75 Å². The van der Waals surface area contributed by atoms with Crippen molar-refractivity contribution in [2.75, 3.05) is 6.54 Å². The molecule has 0 unspecified atom stereocenters. The summed E-state index contributed by atoms with van der Waals surface area (Å²) in [5.74, 6) is 0.0283. The van der Waals surface area contributed by atoms with Crippen LogP contribution in [0.25, 0.3) is 0 Å². The molecule has 3 rings (SSSR count). The summed E-state index contributed by atoms with van der Waals surface area (Å²) in [7, 11) is 0. The Kier molecular flexibility index (Phi) is 8.64. The molecule has 1 amide bonds. The summed E-state index contributed by atoms with van der Waals surface area (Å²) < 4.78 is 5.95. The Labute approximate surface area is 195 Å². The summed E-state index contributed by atoms with van der Waals surface area (Å²) in [5.41, 5.74) is 2.43. The van der Waals surface area contributed by atoms with Gasteiger partial charge in [-0.15, -0.1) is 0 Å². The quantitative estimate of drug-likeness (QED) is 0.381. The first-order valence-corrected chi connectivity index (χ1v) is 11.7. The Morgan fingerprint density at radius 2 is 1.55 bits per heavy atom. The van der Waals surface area contributed by atoms with Crippen LogP contribution in [0.1, 0.15) is 84.6 Å². The molecule has 0 saturated heterocycles. The van der Waals surface area contributed by atoms with Crippen molar-refractivity contribution in [3.8, 4) is 5.75 Å². The predicted octanol–water partition coefficient (Wildman–Crippen LogP) is 5.23. The third-order valence-corrected chi connectivity index (χ3v) is 6.21. The molecule has 0 aliphatic heterocycles. The average Bonchev–Trinajstić information content (AvgIpc) is 2.82. The van der Waals surface area contributed by atoms with Gasteiger partial charge in [-0.1, -0.05) is 26.0 Å². The Balaban J connectivity index is 1.38. The van der Waals surface area contributed by atoms with E-state index in [9.17, 15) is 14.4 Å². The third-order valence-electron chi connectivity index (χ3n) is 6.21. The molecule has 1 fully saturated rings. The average molecular weight is 452 g/mol. The first kappa shape index (κ1) is 24.5. The van der Waals surface area contributed by atoms with E-state index in [-0.39, 0.29) is 23.7 Å². The fourth-order valence-electron chi connectivity index (χ4n) is 4.06. The molecule has 0 atom stereocenters. The second-order valence-electron chi connectivity index (χ2n) is 9.01. The summed E-state index contributed by atoms with van der Waals surface area (Å²) in [6, 6.07) is 14.7. The van der Waals surface area contributed by atoms with E-state index in [1.54, 1.807) is 24.3 Å². The zero-order valence-corrected chi connectivity index (χ0v) is 19.4. The highest BCUT2D eigenvalue weighted by atomic mass is 16.5. The Bertz CT molecular complexity index is 941. The van der Waals surface area contributed by atoms with E-state index in [2.05, 4.69) is 19.2 Å². The van der Waals surface area contributed by atoms with Gasteiger partial charge in [0, 0.05) is 24.1 Å². The predicted molar refractivity (Wildman–Crippen MR) is 127 cm³/mol. The molecule has 33 heavy (non-hydrogen) atoms. The minimum Gasteiger partial charge on any atom is -0.490 e. The molecule has 0 spiro atoms. The molecule has 2 N–H and O–H groups in total. The highest BCUT2D eigenvalue weighted by Crippen LogP contribution is 2.28. The standard InChI is InChI=1S/C27H33NO5/c1-18(2)19-5-7-21(8-6-19)26(30)28-17-3-4-25(29)20-9-13-23(14-10-20)33-24-15-11-22(12-16-24)27(31)32/h5-10,13-14,18,22,24H,3-4,11-12,15-17H2,1-2H3,(H,28,30)(H,31,32). The molecule has 0 radical (unpaired) electrons. The number of hydrogen-bond donors (Lipinski definition) is 2. The largest absolute Gasteiger partial charge is 0.490 e. The molecule has 6 nitrogen and oxygen atoms in total. The Morgan fingerprint density at radius 3 is 2.12 bits per heavy atom. The van der Waals surface area contributed by atoms with Gasteiger partial charge < -0.3 is 15.2 Å². The maximum atomic E-state index is 12.5. The maximum Gasteiger partial charge on any atom is 0.306 e. The second kappa shape index (κ2) is 11.6. The van der Waals surface area contributed by atoms with Crippen LogP contribution in [-0.4, -0.2) is 35.4 Å². The van der Waals surface area contributed by atoms with E-state index in [0.717, 1.165) is 12.8 Å². The molecule has 2 aromatic carbocycles. The number of carboxylic acid groups (broad SMARTS) is 1. The summed E-state index contributed by atoms with van der Waals surface area (Å²) in [5, 5.41) is 12.0. The van der Waals surface area contributed by atoms with E-state index in [1.807, 2.05) is 24.3 Å². The molecule has 2 aromatic rings. The van der Waals surface area contributed by atoms with Crippen molar-refractivity contribution < 1.29 is 24.2 Å². The third kappa shape index (κ3) is 7.17. The molecule has 176 valence electrons. The van der Waals surface area contributed by atoms with Crippen LogP contribution in [0.3, 0.4) is 0 Å². The minimum atomic E-state index is -0.726. The molecule has 1 saturated carbocycles. The van der Waals surface area contributed by atoms with E-state index in [4.69, 9.17) is 9.84 Å². The monoisotopic (exact) mass is 451 g/mol. The first-order valence-electron chi connectivity index (χ1n) is 11.7. The van der Waals surface area contributed by atoms with E-state index in [0.29, 0.717) is 55.0 Å². The van der Waals surface area contributed by atoms with Gasteiger partial charge >= 0.3 is 5.97 Å². The summed E-state index contributed by atoms with van der Waals surface area (Å²) in [4.78, 5) is 35.8. The van der Waals surface area contributed by atoms with Gasteiger partial charge in [0.05, 0.1) is 12.0 Å². The number of carbonyl (C=O) groups is 3. The molecule has 6 heteroatoms. The number of aliphatic carboxylic acids is 1. The Morgan fingerprint density at radius 1 is 0.939 bits per heavy atom. The van der Waals surface area contributed by atoms with Gasteiger partial charge in [0.25, 0.3) is 5.91 Å². The zero-order chi connectivity index (χ0) is 23.8. The van der Waals surface area contributed by atoms with Crippen molar-refractivity contribution in [3.05, 3.63) is 65.2 Å². The lowest BCUT2D eigenvalue weighted by Crippen LogP contribution is -2.27. The van der Waals surface area contributed by atoms with Crippen molar-refractivity contribution in [2.45, 2.75) is 64.4 Å².